The Morgan fingerprint density at radius 1 is 1.00 bits per heavy atom. The topological polar surface area (TPSA) is 76.8 Å². The van der Waals surface area contributed by atoms with E-state index in [0.29, 0.717) is 18.8 Å². The van der Waals surface area contributed by atoms with Gasteiger partial charge in [-0.05, 0) is 41.5 Å². The Hall–Kier alpha value is -3.32. The summed E-state index contributed by atoms with van der Waals surface area (Å²) < 4.78 is 32.7. The molecule has 29 heavy (non-hydrogen) atoms. The van der Waals surface area contributed by atoms with Crippen LogP contribution in [-0.2, 0) is 28.0 Å². The van der Waals surface area contributed by atoms with Crippen molar-refractivity contribution in [2.24, 2.45) is 0 Å². The second-order valence-corrected chi connectivity index (χ2v) is 8.02. The van der Waals surface area contributed by atoms with E-state index in [1.807, 2.05) is 36.4 Å². The molecule has 7 heteroatoms. The van der Waals surface area contributed by atoms with Crippen LogP contribution in [0.25, 0.3) is 6.08 Å². The lowest BCUT2D eigenvalue weighted by molar-refractivity contribution is -0.127. The van der Waals surface area contributed by atoms with Crippen molar-refractivity contribution in [3.63, 3.8) is 0 Å². The van der Waals surface area contributed by atoms with Gasteiger partial charge in [0.2, 0.25) is 5.91 Å². The molecule has 0 radical (unpaired) electrons. The van der Waals surface area contributed by atoms with Crippen LogP contribution in [-0.4, -0.2) is 25.5 Å². The standard InChI is InChI=1S/C22H21NO5S/c1-29(25,26)28-20-12-9-19(10-13-20)16-23(17-21-8-5-15-27-21)22(24)14-11-18-6-3-2-4-7-18/h2-15H,16-17H2,1H3/b14-11+. The van der Waals surface area contributed by atoms with Crippen LogP contribution in [0.2, 0.25) is 0 Å². The summed E-state index contributed by atoms with van der Waals surface area (Å²) >= 11 is 0. The highest BCUT2D eigenvalue weighted by Gasteiger charge is 2.14. The fourth-order valence-corrected chi connectivity index (χ4v) is 3.15. The molecule has 0 aliphatic carbocycles. The van der Waals surface area contributed by atoms with Crippen LogP contribution in [0.1, 0.15) is 16.9 Å². The minimum atomic E-state index is -3.58. The zero-order valence-corrected chi connectivity index (χ0v) is 16.7. The first-order valence-corrected chi connectivity index (χ1v) is 10.7. The van der Waals surface area contributed by atoms with E-state index in [4.69, 9.17) is 8.60 Å². The molecule has 0 N–H and O–H groups in total. The third kappa shape index (κ3) is 6.65. The van der Waals surface area contributed by atoms with Crippen LogP contribution in [0.5, 0.6) is 5.75 Å². The van der Waals surface area contributed by atoms with Gasteiger partial charge in [0.1, 0.15) is 11.5 Å². The number of carbonyl (C=O) groups is 1. The Balaban J connectivity index is 1.74. The molecule has 1 heterocycles. The third-order valence-electron chi connectivity index (χ3n) is 4.00. The van der Waals surface area contributed by atoms with E-state index in [9.17, 15) is 13.2 Å². The van der Waals surface area contributed by atoms with Crippen LogP contribution in [0.15, 0.2) is 83.5 Å². The maximum Gasteiger partial charge on any atom is 0.306 e. The lowest BCUT2D eigenvalue weighted by atomic mass is 10.2. The predicted octanol–water partition coefficient (Wildman–Crippen LogP) is 3.86. The Labute approximate surface area is 170 Å². The van der Waals surface area contributed by atoms with Crippen molar-refractivity contribution in [1.82, 2.24) is 4.90 Å². The zero-order chi connectivity index (χ0) is 20.7. The van der Waals surface area contributed by atoms with E-state index >= 15 is 0 Å². The Bertz CT molecular complexity index is 1060. The molecular formula is C22H21NO5S. The summed E-state index contributed by atoms with van der Waals surface area (Å²) in [6.07, 6.45) is 5.85. The van der Waals surface area contributed by atoms with Gasteiger partial charge in [-0.3, -0.25) is 4.79 Å². The molecule has 0 saturated carbocycles. The SMILES string of the molecule is CS(=O)(=O)Oc1ccc(CN(Cc2ccco2)C(=O)/C=C/c2ccccc2)cc1. The molecule has 0 spiro atoms. The van der Waals surface area contributed by atoms with E-state index in [1.54, 1.807) is 47.6 Å². The number of amides is 1. The summed E-state index contributed by atoms with van der Waals surface area (Å²) in [5.74, 6) is 0.731. The molecule has 3 aromatic rings. The third-order valence-corrected chi connectivity index (χ3v) is 4.50. The second-order valence-electron chi connectivity index (χ2n) is 6.45. The number of nitrogens with zero attached hydrogens (tertiary/aromatic N) is 1. The van der Waals surface area contributed by atoms with Gasteiger partial charge < -0.3 is 13.5 Å². The van der Waals surface area contributed by atoms with Crippen molar-refractivity contribution < 1.29 is 21.8 Å². The highest BCUT2D eigenvalue weighted by atomic mass is 32.2. The number of rotatable bonds is 8. The van der Waals surface area contributed by atoms with Crippen LogP contribution in [0.4, 0.5) is 0 Å². The molecule has 6 nitrogen and oxygen atoms in total. The van der Waals surface area contributed by atoms with Gasteiger partial charge in [0.25, 0.3) is 0 Å². The largest absolute Gasteiger partial charge is 0.467 e. The van der Waals surface area contributed by atoms with Gasteiger partial charge in [-0.1, -0.05) is 42.5 Å². The summed E-state index contributed by atoms with van der Waals surface area (Å²) in [7, 11) is -3.58. The molecule has 0 saturated heterocycles. The van der Waals surface area contributed by atoms with Gasteiger partial charge in [-0.15, -0.1) is 0 Å². The molecule has 150 valence electrons. The van der Waals surface area contributed by atoms with Crippen molar-refractivity contribution in [2.75, 3.05) is 6.26 Å². The molecular weight excluding hydrogens is 390 g/mol. The molecule has 1 aromatic heterocycles. The first-order valence-electron chi connectivity index (χ1n) is 8.92. The van der Waals surface area contributed by atoms with Crippen molar-refractivity contribution in [1.29, 1.82) is 0 Å². The van der Waals surface area contributed by atoms with Crippen molar-refractivity contribution in [2.45, 2.75) is 13.1 Å². The minimum absolute atomic E-state index is 0.165. The Morgan fingerprint density at radius 3 is 2.34 bits per heavy atom. The molecule has 0 aliphatic heterocycles. The number of furan rings is 1. The highest BCUT2D eigenvalue weighted by Crippen LogP contribution is 2.17. The second kappa shape index (κ2) is 9.25. The fourth-order valence-electron chi connectivity index (χ4n) is 2.69. The highest BCUT2D eigenvalue weighted by molar-refractivity contribution is 7.86. The molecule has 1 amide bonds. The van der Waals surface area contributed by atoms with E-state index in [2.05, 4.69) is 0 Å². The number of benzene rings is 2. The molecule has 3 rings (SSSR count). The van der Waals surface area contributed by atoms with E-state index in [-0.39, 0.29) is 11.7 Å². The minimum Gasteiger partial charge on any atom is -0.467 e. The lowest BCUT2D eigenvalue weighted by Crippen LogP contribution is -2.28. The number of hydrogen-bond acceptors (Lipinski definition) is 5. The van der Waals surface area contributed by atoms with Crippen LogP contribution >= 0.6 is 0 Å². The first-order chi connectivity index (χ1) is 13.9. The van der Waals surface area contributed by atoms with Gasteiger partial charge in [0.15, 0.2) is 0 Å². The smallest absolute Gasteiger partial charge is 0.306 e. The average molecular weight is 411 g/mol. The monoisotopic (exact) mass is 411 g/mol. The maximum atomic E-state index is 12.8. The summed E-state index contributed by atoms with van der Waals surface area (Å²) in [6.45, 7) is 0.643. The van der Waals surface area contributed by atoms with Crippen LogP contribution in [0, 0.1) is 0 Å². The molecule has 2 aromatic carbocycles. The number of hydrogen-bond donors (Lipinski definition) is 0. The molecule has 0 fully saturated rings. The van der Waals surface area contributed by atoms with Gasteiger partial charge in [-0.25, -0.2) is 0 Å². The van der Waals surface area contributed by atoms with E-state index < -0.39 is 10.1 Å². The Kier molecular flexibility index (Phi) is 6.51. The lowest BCUT2D eigenvalue weighted by Gasteiger charge is -2.20. The molecule has 0 unspecified atom stereocenters. The molecule has 0 atom stereocenters. The molecule has 0 aliphatic rings. The number of carbonyl (C=O) groups excluding carboxylic acids is 1. The first kappa shape index (κ1) is 20.4. The maximum absolute atomic E-state index is 12.8. The quantitative estimate of drug-likeness (QED) is 0.416. The average Bonchev–Trinajstić information content (AvgIpc) is 3.20. The van der Waals surface area contributed by atoms with Crippen LogP contribution < -0.4 is 4.18 Å². The predicted molar refractivity (Wildman–Crippen MR) is 110 cm³/mol. The molecule has 0 bridgehead atoms. The van der Waals surface area contributed by atoms with E-state index in [0.717, 1.165) is 17.4 Å². The Morgan fingerprint density at radius 2 is 1.72 bits per heavy atom. The summed E-state index contributed by atoms with van der Waals surface area (Å²) in [5.41, 5.74) is 1.76. The van der Waals surface area contributed by atoms with Crippen molar-refractivity contribution in [3.8, 4) is 5.75 Å². The summed E-state index contributed by atoms with van der Waals surface area (Å²) in [6, 6.07) is 19.7. The van der Waals surface area contributed by atoms with Crippen molar-refractivity contribution in [3.05, 3.63) is 96.0 Å². The summed E-state index contributed by atoms with van der Waals surface area (Å²) in [5, 5.41) is 0. The fraction of sp³-hybridized carbons (Fsp3) is 0.136. The van der Waals surface area contributed by atoms with Gasteiger partial charge in [0, 0.05) is 12.6 Å². The van der Waals surface area contributed by atoms with Gasteiger partial charge in [0.05, 0.1) is 19.1 Å². The van der Waals surface area contributed by atoms with E-state index in [1.165, 1.54) is 6.08 Å². The van der Waals surface area contributed by atoms with Gasteiger partial charge >= 0.3 is 10.1 Å². The normalized spacial score (nSPS) is 11.5. The zero-order valence-electron chi connectivity index (χ0n) is 15.9. The van der Waals surface area contributed by atoms with Crippen LogP contribution in [0.3, 0.4) is 0 Å². The summed E-state index contributed by atoms with van der Waals surface area (Å²) in [4.78, 5) is 14.4. The van der Waals surface area contributed by atoms with Gasteiger partial charge in [-0.2, -0.15) is 8.42 Å². The van der Waals surface area contributed by atoms with Crippen molar-refractivity contribution >= 4 is 22.1 Å².